The number of hydrogen-bond donors (Lipinski definition) is 2. The number of benzene rings is 1. The lowest BCUT2D eigenvalue weighted by molar-refractivity contribution is 0.591. The smallest absolute Gasteiger partial charge is 0.238 e. The van der Waals surface area contributed by atoms with Gasteiger partial charge in [-0.3, -0.25) is 0 Å². The Kier molecular flexibility index (Phi) is 2.89. The molecule has 4 N–H and O–H groups in total. The van der Waals surface area contributed by atoms with Crippen LogP contribution in [0.1, 0.15) is 18.5 Å². The third-order valence-electron chi connectivity index (χ3n) is 1.77. The van der Waals surface area contributed by atoms with Crippen LogP contribution in [0.15, 0.2) is 23.1 Å². The van der Waals surface area contributed by atoms with E-state index < -0.39 is 21.9 Å². The van der Waals surface area contributed by atoms with E-state index in [2.05, 4.69) is 0 Å². The Bertz CT molecular complexity index is 443. The monoisotopic (exact) mass is 218 g/mol. The standard InChI is InChI=1S/C8H11FN2O2S/c1-5(10)7-4-6(9)2-3-8(7)14(11,12)13/h2-5H,10H2,1H3,(H2,11,12,13)/t5-/m1/s1. The van der Waals surface area contributed by atoms with Gasteiger partial charge in [0.1, 0.15) is 5.82 Å². The Balaban J connectivity index is 3.45. The summed E-state index contributed by atoms with van der Waals surface area (Å²) in [6.07, 6.45) is 0. The first-order valence-electron chi connectivity index (χ1n) is 3.90. The van der Waals surface area contributed by atoms with Crippen molar-refractivity contribution in [3.63, 3.8) is 0 Å². The molecule has 6 heteroatoms. The predicted octanol–water partition coefficient (Wildman–Crippen LogP) is 0.493. The lowest BCUT2D eigenvalue weighted by Crippen LogP contribution is -2.18. The first-order valence-corrected chi connectivity index (χ1v) is 5.45. The second-order valence-corrected chi connectivity index (χ2v) is 4.55. The van der Waals surface area contributed by atoms with Crippen LogP contribution in [0.5, 0.6) is 0 Å². The van der Waals surface area contributed by atoms with Gasteiger partial charge in [-0.05, 0) is 30.7 Å². The number of primary sulfonamides is 1. The molecule has 0 heterocycles. The Morgan fingerprint density at radius 3 is 2.43 bits per heavy atom. The van der Waals surface area contributed by atoms with E-state index in [9.17, 15) is 12.8 Å². The number of halogens is 1. The van der Waals surface area contributed by atoms with Crippen molar-refractivity contribution in [3.05, 3.63) is 29.6 Å². The van der Waals surface area contributed by atoms with Crippen molar-refractivity contribution < 1.29 is 12.8 Å². The summed E-state index contributed by atoms with van der Waals surface area (Å²) in [5, 5.41) is 4.94. The van der Waals surface area contributed by atoms with Crippen molar-refractivity contribution in [3.8, 4) is 0 Å². The first kappa shape index (κ1) is 11.1. The normalized spacial score (nSPS) is 14.0. The maximum absolute atomic E-state index is 12.8. The highest BCUT2D eigenvalue weighted by Crippen LogP contribution is 2.20. The van der Waals surface area contributed by atoms with Gasteiger partial charge >= 0.3 is 0 Å². The summed E-state index contributed by atoms with van der Waals surface area (Å²) >= 11 is 0. The average molecular weight is 218 g/mol. The average Bonchev–Trinajstić information content (AvgIpc) is 2.01. The highest BCUT2D eigenvalue weighted by molar-refractivity contribution is 7.89. The van der Waals surface area contributed by atoms with Crippen LogP contribution in [0.4, 0.5) is 4.39 Å². The van der Waals surface area contributed by atoms with Crippen LogP contribution >= 0.6 is 0 Å². The minimum atomic E-state index is -3.84. The van der Waals surface area contributed by atoms with Crippen LogP contribution in [0, 0.1) is 5.82 Å². The molecule has 1 aromatic carbocycles. The lowest BCUT2D eigenvalue weighted by atomic mass is 10.1. The van der Waals surface area contributed by atoms with Gasteiger partial charge in [-0.25, -0.2) is 17.9 Å². The molecule has 1 atom stereocenters. The van der Waals surface area contributed by atoms with Crippen molar-refractivity contribution in [2.45, 2.75) is 17.9 Å². The summed E-state index contributed by atoms with van der Waals surface area (Å²) in [4.78, 5) is -0.131. The Labute approximate surface area is 81.8 Å². The van der Waals surface area contributed by atoms with E-state index in [1.165, 1.54) is 0 Å². The van der Waals surface area contributed by atoms with E-state index >= 15 is 0 Å². The van der Waals surface area contributed by atoms with Crippen LogP contribution in [-0.4, -0.2) is 8.42 Å². The predicted molar refractivity (Wildman–Crippen MR) is 50.4 cm³/mol. The number of nitrogens with two attached hydrogens (primary N) is 2. The van der Waals surface area contributed by atoms with Gasteiger partial charge in [0.05, 0.1) is 4.90 Å². The molecule has 78 valence electrons. The number of hydrogen-bond acceptors (Lipinski definition) is 3. The molecule has 0 saturated heterocycles. The minimum Gasteiger partial charge on any atom is -0.324 e. The van der Waals surface area contributed by atoms with Gasteiger partial charge in [0.15, 0.2) is 0 Å². The summed E-state index contributed by atoms with van der Waals surface area (Å²) in [5.41, 5.74) is 5.68. The van der Waals surface area contributed by atoms with Crippen molar-refractivity contribution in [1.29, 1.82) is 0 Å². The zero-order valence-electron chi connectivity index (χ0n) is 7.57. The van der Waals surface area contributed by atoms with E-state index in [-0.39, 0.29) is 10.5 Å². The molecule has 0 aromatic heterocycles. The maximum Gasteiger partial charge on any atom is 0.238 e. The van der Waals surface area contributed by atoms with E-state index in [1.54, 1.807) is 6.92 Å². The summed E-state index contributed by atoms with van der Waals surface area (Å²) in [6, 6.07) is 2.64. The second kappa shape index (κ2) is 3.64. The third kappa shape index (κ3) is 2.28. The maximum atomic E-state index is 12.8. The number of sulfonamides is 1. The fourth-order valence-corrected chi connectivity index (χ4v) is 1.97. The molecule has 0 aliphatic heterocycles. The molecule has 0 aliphatic carbocycles. The zero-order valence-corrected chi connectivity index (χ0v) is 8.38. The minimum absolute atomic E-state index is 0.131. The van der Waals surface area contributed by atoms with Crippen LogP contribution in [0.2, 0.25) is 0 Å². The molecule has 0 saturated carbocycles. The molecule has 0 fully saturated rings. The Morgan fingerprint density at radius 2 is 2.00 bits per heavy atom. The van der Waals surface area contributed by atoms with E-state index in [1.807, 2.05) is 0 Å². The summed E-state index contributed by atoms with van der Waals surface area (Å²) in [5.74, 6) is -0.537. The quantitative estimate of drug-likeness (QED) is 0.757. The fourth-order valence-electron chi connectivity index (χ4n) is 1.13. The van der Waals surface area contributed by atoms with Crippen molar-refractivity contribution >= 4 is 10.0 Å². The molecular formula is C8H11FN2O2S. The Hall–Kier alpha value is -0.980. The van der Waals surface area contributed by atoms with Crippen LogP contribution < -0.4 is 10.9 Å². The van der Waals surface area contributed by atoms with Gasteiger partial charge in [0.2, 0.25) is 10.0 Å². The summed E-state index contributed by atoms with van der Waals surface area (Å²) in [7, 11) is -3.84. The molecule has 1 aromatic rings. The first-order chi connectivity index (χ1) is 6.32. The topological polar surface area (TPSA) is 86.2 Å². The fraction of sp³-hybridized carbons (Fsp3) is 0.250. The molecule has 0 bridgehead atoms. The molecule has 14 heavy (non-hydrogen) atoms. The molecule has 0 amide bonds. The molecule has 0 aliphatic rings. The van der Waals surface area contributed by atoms with Crippen molar-refractivity contribution in [2.75, 3.05) is 0 Å². The van der Waals surface area contributed by atoms with Gasteiger partial charge < -0.3 is 5.73 Å². The molecule has 0 radical (unpaired) electrons. The largest absolute Gasteiger partial charge is 0.324 e. The SMILES string of the molecule is C[C@@H](N)c1cc(F)ccc1S(N)(=O)=O. The van der Waals surface area contributed by atoms with Gasteiger partial charge in [0, 0.05) is 6.04 Å². The molecule has 0 unspecified atom stereocenters. The van der Waals surface area contributed by atoms with E-state index in [0.29, 0.717) is 0 Å². The van der Waals surface area contributed by atoms with Gasteiger partial charge in [-0.15, -0.1) is 0 Å². The van der Waals surface area contributed by atoms with Crippen LogP contribution in [0.3, 0.4) is 0 Å². The highest BCUT2D eigenvalue weighted by atomic mass is 32.2. The zero-order chi connectivity index (χ0) is 10.9. The van der Waals surface area contributed by atoms with Gasteiger partial charge in [0.25, 0.3) is 0 Å². The summed E-state index contributed by atoms with van der Waals surface area (Å²) < 4.78 is 34.9. The van der Waals surface area contributed by atoms with E-state index in [4.69, 9.17) is 10.9 Å². The number of rotatable bonds is 2. The summed E-state index contributed by atoms with van der Waals surface area (Å²) in [6.45, 7) is 1.56. The molecule has 4 nitrogen and oxygen atoms in total. The van der Waals surface area contributed by atoms with E-state index in [0.717, 1.165) is 18.2 Å². The van der Waals surface area contributed by atoms with Crippen molar-refractivity contribution in [1.82, 2.24) is 0 Å². The molecule has 0 spiro atoms. The molecular weight excluding hydrogens is 207 g/mol. The van der Waals surface area contributed by atoms with Crippen molar-refractivity contribution in [2.24, 2.45) is 10.9 Å². The van der Waals surface area contributed by atoms with Gasteiger partial charge in [-0.2, -0.15) is 0 Å². The van der Waals surface area contributed by atoms with Gasteiger partial charge in [-0.1, -0.05) is 0 Å². The lowest BCUT2D eigenvalue weighted by Gasteiger charge is -2.10. The second-order valence-electron chi connectivity index (χ2n) is 3.02. The highest BCUT2D eigenvalue weighted by Gasteiger charge is 2.16. The molecule has 1 rings (SSSR count). The van der Waals surface area contributed by atoms with Crippen LogP contribution in [0.25, 0.3) is 0 Å². The van der Waals surface area contributed by atoms with Crippen LogP contribution in [-0.2, 0) is 10.0 Å². The Morgan fingerprint density at radius 1 is 1.43 bits per heavy atom. The third-order valence-corrected chi connectivity index (χ3v) is 2.75.